The maximum Gasteiger partial charge on any atom is 0.245 e. The van der Waals surface area contributed by atoms with Crippen molar-refractivity contribution in [2.75, 3.05) is 0 Å². The highest BCUT2D eigenvalue weighted by Crippen LogP contribution is 2.38. The van der Waals surface area contributed by atoms with Crippen molar-refractivity contribution in [3.8, 4) is 17.7 Å². The zero-order valence-corrected chi connectivity index (χ0v) is 13.7. The van der Waals surface area contributed by atoms with E-state index < -0.39 is 0 Å². The first-order valence-electron chi connectivity index (χ1n) is 8.24. The van der Waals surface area contributed by atoms with Crippen molar-refractivity contribution < 1.29 is 8.81 Å². The highest BCUT2D eigenvalue weighted by atomic mass is 19.1. The van der Waals surface area contributed by atoms with E-state index in [1.54, 1.807) is 12.3 Å². The van der Waals surface area contributed by atoms with Crippen LogP contribution in [0.25, 0.3) is 11.6 Å². The Kier molecular flexibility index (Phi) is 3.81. The van der Waals surface area contributed by atoms with Crippen molar-refractivity contribution in [3.05, 3.63) is 71.0 Å². The molecule has 0 N–H and O–H groups in total. The molecular weight excluding hydrogens is 317 g/mol. The smallest absolute Gasteiger partial charge is 0.245 e. The van der Waals surface area contributed by atoms with Gasteiger partial charge in [-0.1, -0.05) is 13.0 Å². The molecule has 0 fully saturated rings. The molecule has 1 aliphatic carbocycles. The molecule has 0 amide bonds. The van der Waals surface area contributed by atoms with Crippen LogP contribution in [0.5, 0.6) is 0 Å². The molecule has 0 spiro atoms. The summed E-state index contributed by atoms with van der Waals surface area (Å²) in [6, 6.07) is 12.2. The minimum Gasteiger partial charge on any atom is -0.440 e. The Labute approximate surface area is 145 Å². The average Bonchev–Trinajstić information content (AvgIpc) is 3.04. The number of pyridine rings is 1. The summed E-state index contributed by atoms with van der Waals surface area (Å²) in [7, 11) is 0. The molecule has 0 saturated heterocycles. The molecule has 25 heavy (non-hydrogen) atoms. The van der Waals surface area contributed by atoms with E-state index in [0.717, 1.165) is 23.4 Å². The zero-order chi connectivity index (χ0) is 17.4. The summed E-state index contributed by atoms with van der Waals surface area (Å²) in [5.74, 6) is 1.35. The second kappa shape index (κ2) is 6.14. The Morgan fingerprint density at radius 3 is 2.88 bits per heavy atom. The fraction of sp³-hybridized carbons (Fsp3) is 0.250. The third-order valence-corrected chi connectivity index (χ3v) is 4.75. The Morgan fingerprint density at radius 1 is 1.24 bits per heavy atom. The van der Waals surface area contributed by atoms with Crippen LogP contribution >= 0.6 is 0 Å². The lowest BCUT2D eigenvalue weighted by Crippen LogP contribution is -2.21. The Morgan fingerprint density at radius 2 is 2.12 bits per heavy atom. The van der Waals surface area contributed by atoms with Gasteiger partial charge in [-0.3, -0.25) is 4.98 Å². The molecule has 0 bridgehead atoms. The van der Waals surface area contributed by atoms with E-state index in [9.17, 15) is 4.39 Å². The number of rotatable bonds is 2. The second-order valence-corrected chi connectivity index (χ2v) is 6.48. The Bertz CT molecular complexity index is 959. The molecule has 2 atom stereocenters. The van der Waals surface area contributed by atoms with E-state index in [1.165, 1.54) is 12.1 Å². The van der Waals surface area contributed by atoms with E-state index in [4.69, 9.17) is 9.68 Å². The molecular formula is C20H16FN3O. The van der Waals surface area contributed by atoms with Gasteiger partial charge < -0.3 is 4.42 Å². The number of nitrogens with zero attached hydrogens (tertiary/aromatic N) is 3. The quantitative estimate of drug-likeness (QED) is 0.703. The third kappa shape index (κ3) is 2.91. The average molecular weight is 333 g/mol. The van der Waals surface area contributed by atoms with Gasteiger partial charge in [-0.05, 0) is 54.2 Å². The van der Waals surface area contributed by atoms with Crippen LogP contribution < -0.4 is 0 Å². The van der Waals surface area contributed by atoms with E-state index in [-0.39, 0.29) is 17.7 Å². The first-order valence-corrected chi connectivity index (χ1v) is 8.24. The number of hydrogen-bond donors (Lipinski definition) is 0. The molecule has 124 valence electrons. The van der Waals surface area contributed by atoms with Gasteiger partial charge in [0, 0.05) is 12.6 Å². The summed E-state index contributed by atoms with van der Waals surface area (Å²) in [6.07, 6.45) is 3.11. The first kappa shape index (κ1) is 15.5. The standard InChI is InChI=1S/C20H16FN3O/c1-12-6-18-19(25-20(24-18)17-4-2-3-5-23-17)10-16(12)14-7-13(11-22)8-15(21)9-14/h2-5,7-9,12,16H,6,10H2,1H3. The predicted molar refractivity (Wildman–Crippen MR) is 90.2 cm³/mol. The molecule has 1 aromatic carbocycles. The van der Waals surface area contributed by atoms with Gasteiger partial charge >= 0.3 is 0 Å². The normalized spacial score (nSPS) is 19.2. The van der Waals surface area contributed by atoms with Crippen LogP contribution in [0, 0.1) is 23.1 Å². The van der Waals surface area contributed by atoms with Crippen molar-refractivity contribution >= 4 is 0 Å². The molecule has 2 aromatic heterocycles. The number of halogens is 1. The number of benzene rings is 1. The van der Waals surface area contributed by atoms with Gasteiger partial charge in [0.15, 0.2) is 0 Å². The summed E-state index contributed by atoms with van der Waals surface area (Å²) in [6.45, 7) is 2.12. The lowest BCUT2D eigenvalue weighted by molar-refractivity contribution is 0.378. The van der Waals surface area contributed by atoms with Crippen molar-refractivity contribution in [2.24, 2.45) is 5.92 Å². The van der Waals surface area contributed by atoms with Gasteiger partial charge in [0.25, 0.3) is 0 Å². The summed E-state index contributed by atoms with van der Waals surface area (Å²) in [5, 5.41) is 9.09. The van der Waals surface area contributed by atoms with Crippen LogP contribution in [0.4, 0.5) is 4.39 Å². The zero-order valence-electron chi connectivity index (χ0n) is 13.7. The van der Waals surface area contributed by atoms with Crippen LogP contribution in [0.15, 0.2) is 47.0 Å². The van der Waals surface area contributed by atoms with E-state index in [2.05, 4.69) is 16.9 Å². The molecule has 4 nitrogen and oxygen atoms in total. The number of nitriles is 1. The molecule has 2 unspecified atom stereocenters. The summed E-state index contributed by atoms with van der Waals surface area (Å²) >= 11 is 0. The summed E-state index contributed by atoms with van der Waals surface area (Å²) < 4.78 is 19.8. The minimum atomic E-state index is -0.376. The maximum absolute atomic E-state index is 13.8. The highest BCUT2D eigenvalue weighted by Gasteiger charge is 2.31. The molecule has 1 aliphatic rings. The van der Waals surface area contributed by atoms with Gasteiger partial charge in [-0.15, -0.1) is 0 Å². The van der Waals surface area contributed by atoms with Gasteiger partial charge in [0.2, 0.25) is 5.89 Å². The van der Waals surface area contributed by atoms with Crippen LogP contribution in [0.2, 0.25) is 0 Å². The van der Waals surface area contributed by atoms with E-state index >= 15 is 0 Å². The summed E-state index contributed by atoms with van der Waals surface area (Å²) in [5.41, 5.74) is 2.84. The second-order valence-electron chi connectivity index (χ2n) is 6.48. The monoisotopic (exact) mass is 333 g/mol. The van der Waals surface area contributed by atoms with Crippen LogP contribution in [0.1, 0.15) is 35.4 Å². The molecule has 4 rings (SSSR count). The van der Waals surface area contributed by atoms with Gasteiger partial charge in [-0.25, -0.2) is 9.37 Å². The van der Waals surface area contributed by atoms with Crippen LogP contribution in [-0.4, -0.2) is 9.97 Å². The molecule has 2 heterocycles. The fourth-order valence-electron chi connectivity index (χ4n) is 3.49. The van der Waals surface area contributed by atoms with Crippen LogP contribution in [0.3, 0.4) is 0 Å². The van der Waals surface area contributed by atoms with Gasteiger partial charge in [0.1, 0.15) is 17.3 Å². The van der Waals surface area contributed by atoms with E-state index in [1.807, 2.05) is 24.3 Å². The number of oxazole rings is 1. The van der Waals surface area contributed by atoms with Crippen molar-refractivity contribution in [3.63, 3.8) is 0 Å². The maximum atomic E-state index is 13.8. The SMILES string of the molecule is CC1Cc2nc(-c3ccccn3)oc2CC1c1cc(F)cc(C#N)c1. The Balaban J connectivity index is 1.69. The number of fused-ring (bicyclic) bond motifs is 1. The molecule has 0 radical (unpaired) electrons. The van der Waals surface area contributed by atoms with Crippen molar-refractivity contribution in [1.29, 1.82) is 5.26 Å². The molecule has 5 heteroatoms. The van der Waals surface area contributed by atoms with E-state index in [0.29, 0.717) is 23.6 Å². The Hall–Kier alpha value is -3.00. The minimum absolute atomic E-state index is 0.0971. The largest absolute Gasteiger partial charge is 0.440 e. The molecule has 0 aliphatic heterocycles. The predicted octanol–water partition coefficient (Wildman–Crippen LogP) is 4.27. The summed E-state index contributed by atoms with van der Waals surface area (Å²) in [4.78, 5) is 8.88. The lowest BCUT2D eigenvalue weighted by atomic mass is 9.77. The third-order valence-electron chi connectivity index (χ3n) is 4.75. The molecule has 0 saturated carbocycles. The van der Waals surface area contributed by atoms with Gasteiger partial charge in [-0.2, -0.15) is 5.26 Å². The topological polar surface area (TPSA) is 62.7 Å². The lowest BCUT2D eigenvalue weighted by Gasteiger charge is -2.27. The first-order chi connectivity index (χ1) is 12.1. The number of hydrogen-bond acceptors (Lipinski definition) is 4. The van der Waals surface area contributed by atoms with Crippen molar-refractivity contribution in [2.45, 2.75) is 25.7 Å². The van der Waals surface area contributed by atoms with Crippen LogP contribution in [-0.2, 0) is 12.8 Å². The molecule has 3 aromatic rings. The fourth-order valence-corrected chi connectivity index (χ4v) is 3.49. The van der Waals surface area contributed by atoms with Gasteiger partial charge in [0.05, 0.1) is 17.3 Å². The highest BCUT2D eigenvalue weighted by molar-refractivity contribution is 5.48. The number of aromatic nitrogens is 2. The van der Waals surface area contributed by atoms with Crippen molar-refractivity contribution in [1.82, 2.24) is 9.97 Å².